The van der Waals surface area contributed by atoms with Gasteiger partial charge >= 0.3 is 6.18 Å². The second-order valence-corrected chi connectivity index (χ2v) is 10.4. The number of hydrogen-bond acceptors (Lipinski definition) is 5. The van der Waals surface area contributed by atoms with Crippen molar-refractivity contribution >= 4 is 17.3 Å². The summed E-state index contributed by atoms with van der Waals surface area (Å²) >= 11 is 0. The minimum Gasteiger partial charge on any atom is -0.379 e. The first-order valence-electron chi connectivity index (χ1n) is 14.4. The molecule has 1 fully saturated rings. The highest BCUT2D eigenvalue weighted by molar-refractivity contribution is 6.09. The minimum absolute atomic E-state index is 0.0731. The van der Waals surface area contributed by atoms with Gasteiger partial charge in [0.25, 0.3) is 5.91 Å². The van der Waals surface area contributed by atoms with Crippen molar-refractivity contribution in [2.45, 2.75) is 32.6 Å². The third-order valence-corrected chi connectivity index (χ3v) is 7.10. The molecular formula is C35H37F3N4O2. The molecule has 0 spiro atoms. The highest BCUT2D eigenvalue weighted by Crippen LogP contribution is 2.30. The second-order valence-electron chi connectivity index (χ2n) is 10.4. The SMILES string of the molecule is C=C/C=C/C(=N\C(=C/C)N[C@@H](C)c1cccc(NC(=O)c2cccc(C(F)(F)F)c2)c1)c1cccc(CN2CCOCC2)c1. The van der Waals surface area contributed by atoms with Gasteiger partial charge in [0.2, 0.25) is 0 Å². The predicted octanol–water partition coefficient (Wildman–Crippen LogP) is 7.53. The summed E-state index contributed by atoms with van der Waals surface area (Å²) in [5.74, 6) is 0.0281. The lowest BCUT2D eigenvalue weighted by atomic mass is 10.1. The van der Waals surface area contributed by atoms with Gasteiger partial charge in [-0.05, 0) is 73.5 Å². The molecule has 1 saturated heterocycles. The Labute approximate surface area is 256 Å². The second kappa shape index (κ2) is 15.3. The molecule has 0 bridgehead atoms. The van der Waals surface area contributed by atoms with Crippen LogP contribution in [-0.4, -0.2) is 42.8 Å². The number of rotatable bonds is 11. The lowest BCUT2D eigenvalue weighted by Gasteiger charge is -2.26. The van der Waals surface area contributed by atoms with E-state index in [0.717, 1.165) is 61.8 Å². The fourth-order valence-corrected chi connectivity index (χ4v) is 4.74. The van der Waals surface area contributed by atoms with E-state index in [2.05, 4.69) is 34.2 Å². The van der Waals surface area contributed by atoms with E-state index in [1.54, 1.807) is 24.3 Å². The molecule has 44 heavy (non-hydrogen) atoms. The van der Waals surface area contributed by atoms with Crippen LogP contribution in [0.5, 0.6) is 0 Å². The molecule has 0 aliphatic carbocycles. The van der Waals surface area contributed by atoms with Crippen molar-refractivity contribution in [2.24, 2.45) is 4.99 Å². The summed E-state index contributed by atoms with van der Waals surface area (Å²) in [5, 5.41) is 6.14. The fraction of sp³-hybridized carbons (Fsp3) is 0.257. The Morgan fingerprint density at radius 3 is 2.50 bits per heavy atom. The Hall–Kier alpha value is -4.47. The van der Waals surface area contributed by atoms with Gasteiger partial charge in [-0.25, -0.2) is 4.99 Å². The Morgan fingerprint density at radius 2 is 1.77 bits per heavy atom. The number of ether oxygens (including phenoxy) is 1. The molecule has 1 aliphatic rings. The fourth-order valence-electron chi connectivity index (χ4n) is 4.74. The van der Waals surface area contributed by atoms with E-state index >= 15 is 0 Å². The van der Waals surface area contributed by atoms with Crippen LogP contribution < -0.4 is 10.6 Å². The van der Waals surface area contributed by atoms with Crippen LogP contribution in [0.25, 0.3) is 0 Å². The average molecular weight is 603 g/mol. The number of morpholine rings is 1. The van der Waals surface area contributed by atoms with E-state index in [1.165, 1.54) is 17.7 Å². The molecule has 1 atom stereocenters. The first-order chi connectivity index (χ1) is 21.2. The molecule has 1 amide bonds. The van der Waals surface area contributed by atoms with Gasteiger partial charge in [0, 0.05) is 36.4 Å². The zero-order valence-electron chi connectivity index (χ0n) is 24.9. The molecule has 9 heteroatoms. The Morgan fingerprint density at radius 1 is 1.05 bits per heavy atom. The average Bonchev–Trinajstić information content (AvgIpc) is 3.02. The Kier molecular flexibility index (Phi) is 11.3. The van der Waals surface area contributed by atoms with Crippen molar-refractivity contribution in [1.82, 2.24) is 10.2 Å². The number of carbonyl (C=O) groups is 1. The first kappa shape index (κ1) is 32.4. The van der Waals surface area contributed by atoms with Crippen molar-refractivity contribution in [3.63, 3.8) is 0 Å². The molecular weight excluding hydrogens is 565 g/mol. The largest absolute Gasteiger partial charge is 0.416 e. The number of anilines is 1. The van der Waals surface area contributed by atoms with Crippen LogP contribution in [0.4, 0.5) is 18.9 Å². The summed E-state index contributed by atoms with van der Waals surface area (Å²) in [5.41, 5.74) is 3.31. The van der Waals surface area contributed by atoms with E-state index in [-0.39, 0.29) is 11.6 Å². The van der Waals surface area contributed by atoms with E-state index < -0.39 is 17.6 Å². The van der Waals surface area contributed by atoms with Crippen LogP contribution >= 0.6 is 0 Å². The maximum atomic E-state index is 13.1. The van der Waals surface area contributed by atoms with Gasteiger partial charge in [0.05, 0.1) is 30.5 Å². The summed E-state index contributed by atoms with van der Waals surface area (Å²) in [4.78, 5) is 20.0. The smallest absolute Gasteiger partial charge is 0.379 e. The summed E-state index contributed by atoms with van der Waals surface area (Å²) in [6.45, 7) is 11.8. The topological polar surface area (TPSA) is 66.0 Å². The molecule has 230 valence electrons. The van der Waals surface area contributed by atoms with E-state index in [1.807, 2.05) is 50.3 Å². The zero-order valence-corrected chi connectivity index (χ0v) is 24.9. The predicted molar refractivity (Wildman–Crippen MR) is 170 cm³/mol. The maximum absolute atomic E-state index is 13.1. The van der Waals surface area contributed by atoms with Crippen molar-refractivity contribution in [1.29, 1.82) is 0 Å². The summed E-state index contributed by atoms with van der Waals surface area (Å²) in [6, 6.07) is 19.6. The molecule has 0 unspecified atom stereocenters. The summed E-state index contributed by atoms with van der Waals surface area (Å²) in [6.07, 6.45) is 2.82. The van der Waals surface area contributed by atoms with Gasteiger partial charge < -0.3 is 15.4 Å². The Bertz CT molecular complexity index is 1540. The number of nitrogens with zero attached hydrogens (tertiary/aromatic N) is 2. The normalized spacial score (nSPS) is 15.7. The van der Waals surface area contributed by atoms with Crippen LogP contribution in [0.2, 0.25) is 0 Å². The van der Waals surface area contributed by atoms with Crippen LogP contribution in [0.3, 0.4) is 0 Å². The van der Waals surface area contributed by atoms with Crippen molar-refractivity contribution in [3.8, 4) is 0 Å². The lowest BCUT2D eigenvalue weighted by molar-refractivity contribution is -0.137. The summed E-state index contributed by atoms with van der Waals surface area (Å²) < 4.78 is 44.8. The van der Waals surface area contributed by atoms with E-state index in [0.29, 0.717) is 11.5 Å². The van der Waals surface area contributed by atoms with E-state index in [4.69, 9.17) is 9.73 Å². The number of hydrogen-bond donors (Lipinski definition) is 2. The molecule has 6 nitrogen and oxygen atoms in total. The van der Waals surface area contributed by atoms with Gasteiger partial charge in [-0.15, -0.1) is 0 Å². The van der Waals surface area contributed by atoms with Crippen molar-refractivity contribution in [2.75, 3.05) is 31.6 Å². The standard InChI is InChI=1S/C35H37F3N4O2/c1-4-6-16-32(28-12-7-10-26(21-28)24-42-17-19-44-20-18-42)41-33(5-2)39-25(3)27-11-9-15-31(23-27)40-34(43)29-13-8-14-30(22-29)35(36,37)38/h4-16,21-23,25,39H,1,17-20,24H2,2-3H3,(H,40,43)/b16-6+,33-5-,41-32+/t25-/m0/s1. The van der Waals surface area contributed by atoms with Gasteiger partial charge in [-0.2, -0.15) is 13.2 Å². The van der Waals surface area contributed by atoms with Crippen LogP contribution in [0.15, 0.2) is 114 Å². The summed E-state index contributed by atoms with van der Waals surface area (Å²) in [7, 11) is 0. The number of aliphatic imine (C=N–C) groups is 1. The van der Waals surface area contributed by atoms with Gasteiger partial charge in [0.15, 0.2) is 0 Å². The zero-order chi connectivity index (χ0) is 31.5. The molecule has 0 saturated carbocycles. The number of halogens is 3. The van der Waals surface area contributed by atoms with Gasteiger partial charge in [-0.1, -0.05) is 55.1 Å². The molecule has 0 radical (unpaired) electrons. The Balaban J connectivity index is 1.49. The number of benzene rings is 3. The van der Waals surface area contributed by atoms with Gasteiger partial charge in [-0.3, -0.25) is 9.69 Å². The van der Waals surface area contributed by atoms with Gasteiger partial charge in [0.1, 0.15) is 5.82 Å². The molecule has 2 N–H and O–H groups in total. The monoisotopic (exact) mass is 602 g/mol. The van der Waals surface area contributed by atoms with Crippen molar-refractivity contribution < 1.29 is 22.7 Å². The molecule has 0 aromatic heterocycles. The number of amides is 1. The molecule has 3 aromatic carbocycles. The first-order valence-corrected chi connectivity index (χ1v) is 14.4. The molecule has 1 aliphatic heterocycles. The highest BCUT2D eigenvalue weighted by atomic mass is 19.4. The molecule has 1 heterocycles. The number of allylic oxidation sites excluding steroid dienone is 4. The van der Waals surface area contributed by atoms with Crippen LogP contribution in [0.1, 0.15) is 52.5 Å². The van der Waals surface area contributed by atoms with Crippen LogP contribution in [-0.2, 0) is 17.5 Å². The number of nitrogens with one attached hydrogen (secondary N) is 2. The molecule has 3 aromatic rings. The lowest BCUT2D eigenvalue weighted by Crippen LogP contribution is -2.35. The number of carbonyl (C=O) groups excluding carboxylic acids is 1. The van der Waals surface area contributed by atoms with Crippen LogP contribution in [0, 0.1) is 0 Å². The highest BCUT2D eigenvalue weighted by Gasteiger charge is 2.31. The van der Waals surface area contributed by atoms with Crippen molar-refractivity contribution in [3.05, 3.63) is 137 Å². The molecule has 4 rings (SSSR count). The van der Waals surface area contributed by atoms with E-state index in [9.17, 15) is 18.0 Å². The third kappa shape index (κ3) is 9.26. The minimum atomic E-state index is -4.53. The quantitative estimate of drug-likeness (QED) is 0.176. The third-order valence-electron chi connectivity index (χ3n) is 7.10. The maximum Gasteiger partial charge on any atom is 0.416 e. The number of alkyl halides is 3.